The van der Waals surface area contributed by atoms with Crippen LogP contribution in [-0.2, 0) is 0 Å². The van der Waals surface area contributed by atoms with E-state index in [1.807, 2.05) is 0 Å². The molecule has 0 unspecified atom stereocenters. The first-order valence-electron chi connectivity index (χ1n) is 5.44. The lowest BCUT2D eigenvalue weighted by atomic mass is 9.78. The van der Waals surface area contributed by atoms with Gasteiger partial charge < -0.3 is 0 Å². The fraction of sp³-hybridized carbons (Fsp3) is 1.00. The van der Waals surface area contributed by atoms with E-state index in [1.165, 1.54) is 32.1 Å². The van der Waals surface area contributed by atoms with Gasteiger partial charge in [-0.1, -0.05) is 33.1 Å². The Hall–Kier alpha value is -0.160. The van der Waals surface area contributed by atoms with Crippen LogP contribution in [0.5, 0.6) is 0 Å². The molecular weight excluding hydrogens is 176 g/mol. The molecule has 0 saturated heterocycles. The fourth-order valence-electron chi connectivity index (χ4n) is 1.56. The molecule has 86 valence electrons. The molecule has 1 aliphatic carbocycles. The van der Waals surface area contributed by atoms with Gasteiger partial charge in [-0.2, -0.15) is 0 Å². The zero-order valence-electron chi connectivity index (χ0n) is 9.77. The van der Waals surface area contributed by atoms with E-state index in [0.717, 1.165) is 0 Å². The van der Waals surface area contributed by atoms with Crippen LogP contribution >= 0.6 is 0 Å². The Kier molecular flexibility index (Phi) is 7.09. The minimum Gasteiger partial charge on any atom is -0.270 e. The Balaban J connectivity index is 0.000000255. The van der Waals surface area contributed by atoms with E-state index in [-0.39, 0.29) is 6.17 Å². The topological polar surface area (TPSA) is 76.1 Å². The summed E-state index contributed by atoms with van der Waals surface area (Å²) in [5.41, 5.74) is 5.44. The minimum atomic E-state index is -0.00926. The average Bonchev–Trinajstić information content (AvgIpc) is 2.17. The number of hydrazine groups is 2. The number of nitrogens with one attached hydrogen (secondary N) is 2. The molecule has 0 atom stereocenters. The molecule has 0 aromatic rings. The molecule has 6 N–H and O–H groups in total. The van der Waals surface area contributed by atoms with Crippen LogP contribution in [0.2, 0.25) is 0 Å². The molecule has 0 aromatic heterocycles. The van der Waals surface area contributed by atoms with Gasteiger partial charge in [0.15, 0.2) is 0 Å². The summed E-state index contributed by atoms with van der Waals surface area (Å²) in [5, 5.41) is 0. The summed E-state index contributed by atoms with van der Waals surface area (Å²) in [7, 11) is 0. The zero-order valence-corrected chi connectivity index (χ0v) is 9.77. The standard InChI is InChI=1S/C8H16.C2H10N4/c1-8(2)6-4-3-5-7-8;1-2(5-3)6-4/h3-7H2,1-2H3;2,5-6H,3-4H2,1H3. The molecule has 0 aromatic carbocycles. The quantitative estimate of drug-likeness (QED) is 0.309. The maximum absolute atomic E-state index is 4.89. The third-order valence-corrected chi connectivity index (χ3v) is 2.71. The molecule has 1 rings (SSSR count). The molecule has 0 radical (unpaired) electrons. The molecule has 1 fully saturated rings. The second-order valence-corrected chi connectivity index (χ2v) is 4.78. The lowest BCUT2D eigenvalue weighted by molar-refractivity contribution is 0.244. The van der Waals surface area contributed by atoms with E-state index in [1.54, 1.807) is 6.92 Å². The maximum atomic E-state index is 4.89. The molecule has 0 amide bonds. The van der Waals surface area contributed by atoms with Crippen LogP contribution in [0.1, 0.15) is 52.9 Å². The van der Waals surface area contributed by atoms with Crippen molar-refractivity contribution >= 4 is 0 Å². The molecule has 1 saturated carbocycles. The van der Waals surface area contributed by atoms with E-state index in [4.69, 9.17) is 11.7 Å². The Morgan fingerprint density at radius 3 is 1.57 bits per heavy atom. The highest BCUT2D eigenvalue weighted by molar-refractivity contribution is 4.72. The van der Waals surface area contributed by atoms with Crippen molar-refractivity contribution in [3.8, 4) is 0 Å². The number of hydrogen-bond acceptors (Lipinski definition) is 4. The van der Waals surface area contributed by atoms with Crippen molar-refractivity contribution in [1.82, 2.24) is 10.9 Å². The number of nitrogens with two attached hydrogens (primary N) is 2. The van der Waals surface area contributed by atoms with Gasteiger partial charge in [0.05, 0.1) is 6.17 Å². The van der Waals surface area contributed by atoms with Crippen molar-refractivity contribution in [1.29, 1.82) is 0 Å². The molecule has 0 heterocycles. The summed E-state index contributed by atoms with van der Waals surface area (Å²) >= 11 is 0. The first-order chi connectivity index (χ1) is 6.52. The SMILES string of the molecule is CC(NN)NN.CC1(C)CCCCC1. The average molecular weight is 202 g/mol. The number of rotatable bonds is 2. The van der Waals surface area contributed by atoms with Gasteiger partial charge in [-0.05, 0) is 25.2 Å². The lowest BCUT2D eigenvalue weighted by Crippen LogP contribution is -2.47. The van der Waals surface area contributed by atoms with E-state index >= 15 is 0 Å². The first kappa shape index (κ1) is 13.8. The van der Waals surface area contributed by atoms with Crippen LogP contribution in [0.3, 0.4) is 0 Å². The van der Waals surface area contributed by atoms with Crippen molar-refractivity contribution in [3.05, 3.63) is 0 Å². The smallest absolute Gasteiger partial charge is 0.0799 e. The van der Waals surface area contributed by atoms with Gasteiger partial charge in [-0.3, -0.25) is 11.7 Å². The molecule has 4 heteroatoms. The van der Waals surface area contributed by atoms with Crippen molar-refractivity contribution in [3.63, 3.8) is 0 Å². The van der Waals surface area contributed by atoms with Crippen molar-refractivity contribution < 1.29 is 0 Å². The van der Waals surface area contributed by atoms with Crippen LogP contribution in [0.25, 0.3) is 0 Å². The second kappa shape index (κ2) is 7.17. The predicted octanol–water partition coefficient (Wildman–Crippen LogP) is 1.24. The maximum Gasteiger partial charge on any atom is 0.0799 e. The van der Waals surface area contributed by atoms with Crippen LogP contribution in [0.15, 0.2) is 0 Å². The fourth-order valence-corrected chi connectivity index (χ4v) is 1.56. The Bertz CT molecular complexity index is 124. The summed E-state index contributed by atoms with van der Waals surface area (Å²) in [6.07, 6.45) is 7.30. The summed E-state index contributed by atoms with van der Waals surface area (Å²) < 4.78 is 0. The molecule has 0 bridgehead atoms. The van der Waals surface area contributed by atoms with E-state index < -0.39 is 0 Å². The Morgan fingerprint density at radius 1 is 1.00 bits per heavy atom. The van der Waals surface area contributed by atoms with E-state index in [0.29, 0.717) is 5.41 Å². The zero-order chi connectivity index (χ0) is 11.0. The molecule has 4 nitrogen and oxygen atoms in total. The van der Waals surface area contributed by atoms with Gasteiger partial charge in [0.1, 0.15) is 0 Å². The monoisotopic (exact) mass is 202 g/mol. The first-order valence-corrected chi connectivity index (χ1v) is 5.44. The van der Waals surface area contributed by atoms with Crippen LogP contribution < -0.4 is 22.5 Å². The highest BCUT2D eigenvalue weighted by Crippen LogP contribution is 2.34. The third-order valence-electron chi connectivity index (χ3n) is 2.71. The second-order valence-electron chi connectivity index (χ2n) is 4.78. The van der Waals surface area contributed by atoms with E-state index in [9.17, 15) is 0 Å². The largest absolute Gasteiger partial charge is 0.270 e. The van der Waals surface area contributed by atoms with E-state index in [2.05, 4.69) is 24.7 Å². The minimum absolute atomic E-state index is 0.00926. The van der Waals surface area contributed by atoms with Crippen molar-refractivity contribution in [2.75, 3.05) is 0 Å². The molecule has 1 aliphatic rings. The van der Waals surface area contributed by atoms with Crippen LogP contribution in [0, 0.1) is 5.41 Å². The van der Waals surface area contributed by atoms with Crippen molar-refractivity contribution in [2.24, 2.45) is 17.1 Å². The van der Waals surface area contributed by atoms with Crippen LogP contribution in [0.4, 0.5) is 0 Å². The molecule has 14 heavy (non-hydrogen) atoms. The predicted molar refractivity (Wildman–Crippen MR) is 61.0 cm³/mol. The van der Waals surface area contributed by atoms with Gasteiger partial charge in [0.2, 0.25) is 0 Å². The molecule has 0 aliphatic heterocycles. The van der Waals surface area contributed by atoms with Gasteiger partial charge >= 0.3 is 0 Å². The molecular formula is C10H26N4. The lowest BCUT2D eigenvalue weighted by Gasteiger charge is -2.28. The van der Waals surface area contributed by atoms with Crippen molar-refractivity contribution in [2.45, 2.75) is 59.0 Å². The normalized spacial score (nSPS) is 20.1. The van der Waals surface area contributed by atoms with Gasteiger partial charge in [0, 0.05) is 0 Å². The van der Waals surface area contributed by atoms with Gasteiger partial charge in [-0.25, -0.2) is 10.9 Å². The summed E-state index contributed by atoms with van der Waals surface area (Å²) in [5.74, 6) is 9.78. The number of hydrogen-bond donors (Lipinski definition) is 4. The van der Waals surface area contributed by atoms with Crippen LogP contribution in [-0.4, -0.2) is 6.17 Å². The van der Waals surface area contributed by atoms with Gasteiger partial charge in [0.25, 0.3) is 0 Å². The summed E-state index contributed by atoms with van der Waals surface area (Å²) in [6, 6.07) is 0. The van der Waals surface area contributed by atoms with Gasteiger partial charge in [-0.15, -0.1) is 0 Å². The third kappa shape index (κ3) is 7.26. The summed E-state index contributed by atoms with van der Waals surface area (Å²) in [4.78, 5) is 0. The Morgan fingerprint density at radius 2 is 1.43 bits per heavy atom. The molecule has 0 spiro atoms. The highest BCUT2D eigenvalue weighted by atomic mass is 15.4. The Labute approximate surface area is 87.7 Å². The highest BCUT2D eigenvalue weighted by Gasteiger charge is 2.19. The summed E-state index contributed by atoms with van der Waals surface area (Å²) in [6.45, 7) is 6.57.